The first-order valence-electron chi connectivity index (χ1n) is 14.1. The molecule has 0 aliphatic heterocycles. The van der Waals surface area contributed by atoms with Crippen molar-refractivity contribution < 1.29 is 53.2 Å². The van der Waals surface area contributed by atoms with Gasteiger partial charge in [-0.05, 0) is 68.8 Å². The quantitative estimate of drug-likeness (QED) is 0.0944. The van der Waals surface area contributed by atoms with E-state index in [-0.39, 0.29) is 35.8 Å². The van der Waals surface area contributed by atoms with Crippen molar-refractivity contribution in [2.45, 2.75) is 20.8 Å². The monoisotopic (exact) mass is 659 g/mol. The second-order valence-electron chi connectivity index (χ2n) is 9.76. The molecule has 0 aromatic heterocycles. The van der Waals surface area contributed by atoms with Gasteiger partial charge in [-0.2, -0.15) is 0 Å². The van der Waals surface area contributed by atoms with E-state index < -0.39 is 36.5 Å². The van der Waals surface area contributed by atoms with Gasteiger partial charge in [-0.15, -0.1) is 0 Å². The fourth-order valence-corrected chi connectivity index (χ4v) is 3.28. The molecule has 3 aromatic rings. The third-order valence-electron chi connectivity index (χ3n) is 5.74. The maximum atomic E-state index is 11.8. The van der Waals surface area contributed by atoms with Gasteiger partial charge in [0.05, 0.1) is 16.7 Å². The summed E-state index contributed by atoms with van der Waals surface area (Å²) in [6.07, 6.45) is 2.90. The second kappa shape index (κ2) is 20.7. The molecule has 0 bridgehead atoms. The number of carboxylic acids is 2. The Morgan fingerprint density at radius 3 is 1.85 bits per heavy atom. The predicted octanol–water partition coefficient (Wildman–Crippen LogP) is 5.66. The number of anilines is 1. The number of aromatic carboxylic acids is 1. The highest BCUT2D eigenvalue weighted by Gasteiger charge is 2.18. The van der Waals surface area contributed by atoms with Crippen molar-refractivity contribution in [1.29, 1.82) is 0 Å². The molecule has 0 atom stereocenters. The average molecular weight is 660 g/mol. The lowest BCUT2D eigenvalue weighted by Crippen LogP contribution is -2.16. The number of rotatable bonds is 12. The van der Waals surface area contributed by atoms with Crippen LogP contribution in [0, 0.1) is 13.8 Å². The van der Waals surface area contributed by atoms with Crippen molar-refractivity contribution in [2.24, 2.45) is 0 Å². The minimum absolute atomic E-state index is 0.0423. The Morgan fingerprint density at radius 1 is 0.750 bits per heavy atom. The van der Waals surface area contributed by atoms with E-state index in [9.17, 15) is 28.8 Å². The Balaban J connectivity index is 0.000000376. The number of amides is 1. The smallest absolute Gasteiger partial charge is 0.341 e. The van der Waals surface area contributed by atoms with Gasteiger partial charge in [-0.25, -0.2) is 24.0 Å². The first-order chi connectivity index (χ1) is 22.7. The van der Waals surface area contributed by atoms with E-state index in [1.165, 1.54) is 30.7 Å². The molecule has 0 radical (unpaired) electrons. The topological polar surface area (TPSA) is 183 Å². The van der Waals surface area contributed by atoms with E-state index in [0.717, 1.165) is 16.8 Å². The first-order valence-corrected chi connectivity index (χ1v) is 14.1. The predicted molar refractivity (Wildman–Crippen MR) is 179 cm³/mol. The SMILES string of the molecule is C=C(C)C(=O)OCCOC(=O)c1ccc(C)cc1C(=O)O.C=CC(=O)Nc1ccc(C)cc1.C=Cc1ccc(C(=O)OCC(=O)O)cc1. The summed E-state index contributed by atoms with van der Waals surface area (Å²) in [5.74, 6) is -4.57. The number of carboxylic acid groups (broad SMARTS) is 2. The van der Waals surface area contributed by atoms with Crippen molar-refractivity contribution in [3.63, 3.8) is 0 Å². The molecule has 0 spiro atoms. The zero-order valence-corrected chi connectivity index (χ0v) is 26.8. The van der Waals surface area contributed by atoms with Gasteiger partial charge in [-0.1, -0.05) is 67.3 Å². The van der Waals surface area contributed by atoms with Gasteiger partial charge >= 0.3 is 29.8 Å². The van der Waals surface area contributed by atoms with E-state index in [1.54, 1.807) is 43.3 Å². The van der Waals surface area contributed by atoms with Crippen LogP contribution in [0.25, 0.3) is 6.08 Å². The molecule has 3 aromatic carbocycles. The number of hydrogen-bond donors (Lipinski definition) is 3. The van der Waals surface area contributed by atoms with Crippen LogP contribution < -0.4 is 5.32 Å². The summed E-state index contributed by atoms with van der Waals surface area (Å²) in [6.45, 7) is 14.7. The van der Waals surface area contributed by atoms with Crippen molar-refractivity contribution in [1.82, 2.24) is 0 Å². The lowest BCUT2D eigenvalue weighted by molar-refractivity contribution is -0.141. The van der Waals surface area contributed by atoms with Gasteiger partial charge in [0.1, 0.15) is 13.2 Å². The summed E-state index contributed by atoms with van der Waals surface area (Å²) >= 11 is 0. The first kappa shape index (κ1) is 39.7. The fourth-order valence-electron chi connectivity index (χ4n) is 3.28. The minimum atomic E-state index is -1.21. The van der Waals surface area contributed by atoms with E-state index in [0.29, 0.717) is 5.56 Å². The molecule has 0 heterocycles. The normalized spacial score (nSPS) is 9.48. The van der Waals surface area contributed by atoms with E-state index in [4.69, 9.17) is 19.7 Å². The molecule has 0 unspecified atom stereocenters. The summed E-state index contributed by atoms with van der Waals surface area (Å²) < 4.78 is 14.1. The molecule has 12 nitrogen and oxygen atoms in total. The van der Waals surface area contributed by atoms with Crippen molar-refractivity contribution in [3.05, 3.63) is 131 Å². The van der Waals surface area contributed by atoms with Crippen LogP contribution in [-0.4, -0.2) is 65.8 Å². The van der Waals surface area contributed by atoms with Crippen LogP contribution >= 0.6 is 0 Å². The number of benzene rings is 3. The zero-order valence-electron chi connectivity index (χ0n) is 26.8. The van der Waals surface area contributed by atoms with Crippen LogP contribution in [0.3, 0.4) is 0 Å². The van der Waals surface area contributed by atoms with Gasteiger partial charge in [0, 0.05) is 11.3 Å². The average Bonchev–Trinajstić information content (AvgIpc) is 3.06. The number of hydrogen-bond acceptors (Lipinski definition) is 9. The number of ether oxygens (including phenoxy) is 3. The van der Waals surface area contributed by atoms with Crippen LogP contribution in [-0.2, 0) is 28.6 Å². The Bertz CT molecular complexity index is 1640. The molecule has 3 rings (SSSR count). The van der Waals surface area contributed by atoms with Crippen molar-refractivity contribution >= 4 is 47.5 Å². The number of esters is 3. The molecule has 12 heteroatoms. The van der Waals surface area contributed by atoms with Crippen LogP contribution in [0.15, 0.2) is 98.1 Å². The standard InChI is InChI=1S/C15H16O6.C11H10O4.C10H11NO/c1-9(2)14(18)20-6-7-21-15(19)11-5-4-10(3)8-12(11)13(16)17;1-2-8-3-5-9(6-4-8)11(14)15-7-10(12)13;1-3-10(12)11-9-6-4-8(2)5-7-9/h4-5,8H,1,6-7H2,2-3H3,(H,16,17);2-6H,1,7H2,(H,12,13);3-7H,1H2,2H3,(H,11,12). The Kier molecular flexibility index (Phi) is 17.1. The van der Waals surface area contributed by atoms with E-state index >= 15 is 0 Å². The summed E-state index contributed by atoms with van der Waals surface area (Å²) in [6, 6.07) is 18.5. The molecule has 0 aliphatic rings. The lowest BCUT2D eigenvalue weighted by Gasteiger charge is -2.08. The van der Waals surface area contributed by atoms with Crippen LogP contribution in [0.4, 0.5) is 5.69 Å². The molecule has 0 fully saturated rings. The highest BCUT2D eigenvalue weighted by atomic mass is 16.6. The molecular weight excluding hydrogens is 622 g/mol. The fraction of sp³-hybridized carbons (Fsp3) is 0.167. The number of carbonyl (C=O) groups excluding carboxylic acids is 4. The maximum Gasteiger partial charge on any atom is 0.341 e. The molecule has 3 N–H and O–H groups in total. The van der Waals surface area contributed by atoms with Crippen molar-refractivity contribution in [2.75, 3.05) is 25.1 Å². The Labute approximate surface area is 278 Å². The molecule has 48 heavy (non-hydrogen) atoms. The van der Waals surface area contributed by atoms with Gasteiger partial charge in [0.15, 0.2) is 6.61 Å². The highest BCUT2D eigenvalue weighted by Crippen LogP contribution is 2.13. The molecule has 0 saturated carbocycles. The number of nitrogens with one attached hydrogen (secondary N) is 1. The number of aryl methyl sites for hydroxylation is 2. The minimum Gasteiger partial charge on any atom is -0.479 e. The Morgan fingerprint density at radius 2 is 1.33 bits per heavy atom. The molecule has 0 aliphatic carbocycles. The third kappa shape index (κ3) is 15.1. The molecule has 0 saturated heterocycles. The van der Waals surface area contributed by atoms with Crippen molar-refractivity contribution in [3.8, 4) is 0 Å². The lowest BCUT2D eigenvalue weighted by atomic mass is 10.0. The van der Waals surface area contributed by atoms with Crippen LogP contribution in [0.1, 0.15) is 54.7 Å². The maximum absolute atomic E-state index is 11.8. The van der Waals surface area contributed by atoms with Crippen LogP contribution in [0.5, 0.6) is 0 Å². The van der Waals surface area contributed by atoms with E-state index in [1.807, 2.05) is 31.2 Å². The summed E-state index contributed by atoms with van der Waals surface area (Å²) in [7, 11) is 0. The van der Waals surface area contributed by atoms with Crippen LogP contribution in [0.2, 0.25) is 0 Å². The largest absolute Gasteiger partial charge is 0.479 e. The number of aliphatic carboxylic acids is 1. The number of carbonyl (C=O) groups is 6. The Hall–Kier alpha value is -6.30. The van der Waals surface area contributed by atoms with Gasteiger partial charge in [0.2, 0.25) is 5.91 Å². The van der Waals surface area contributed by atoms with E-state index in [2.05, 4.69) is 29.8 Å². The third-order valence-corrected chi connectivity index (χ3v) is 5.74. The summed E-state index contributed by atoms with van der Waals surface area (Å²) in [5.41, 5.74) is 3.97. The molecule has 252 valence electrons. The van der Waals surface area contributed by atoms with Gasteiger partial charge in [0.25, 0.3) is 0 Å². The molecular formula is C36H37NO11. The van der Waals surface area contributed by atoms with Gasteiger partial charge in [-0.3, -0.25) is 4.79 Å². The second-order valence-corrected chi connectivity index (χ2v) is 9.76. The molecule has 1 amide bonds. The van der Waals surface area contributed by atoms with Gasteiger partial charge < -0.3 is 29.7 Å². The summed E-state index contributed by atoms with van der Waals surface area (Å²) in [4.78, 5) is 66.2. The highest BCUT2D eigenvalue weighted by molar-refractivity contribution is 6.02. The zero-order chi connectivity index (χ0) is 36.2. The summed E-state index contributed by atoms with van der Waals surface area (Å²) in [5, 5.41) is 20.0.